The molecule has 2 atom stereocenters. The Morgan fingerprint density at radius 2 is 1.97 bits per heavy atom. The average molecular weight is 397 g/mol. The van der Waals surface area contributed by atoms with Gasteiger partial charge in [-0.3, -0.25) is 4.79 Å². The Morgan fingerprint density at radius 3 is 2.66 bits per heavy atom. The number of hydrogen-bond donors (Lipinski definition) is 3. The molecule has 0 spiro atoms. The standard InChI is InChI=1S/C21H23N3O5/c1-12(25)20(22)21(27)23-15-10-13(8-9-18(15)28-3)24(2)16-11-19(26)29-17-7-5-4-6-14(16)17/h4-12,20,25H,22H2,1-3H3,(H,23,27). The minimum atomic E-state index is -1.08. The van der Waals surface area contributed by atoms with Crippen LogP contribution in [0.15, 0.2) is 57.7 Å². The predicted octanol–water partition coefficient (Wildman–Crippen LogP) is 2.22. The number of methoxy groups -OCH3 is 1. The lowest BCUT2D eigenvalue weighted by Crippen LogP contribution is -2.43. The minimum absolute atomic E-state index is 0.394. The first-order chi connectivity index (χ1) is 13.8. The molecule has 0 fully saturated rings. The molecule has 0 saturated heterocycles. The number of para-hydroxylation sites is 1. The van der Waals surface area contributed by atoms with Crippen LogP contribution in [0.25, 0.3) is 11.0 Å². The highest BCUT2D eigenvalue weighted by Gasteiger charge is 2.21. The Labute approximate surface area is 167 Å². The Hall–Kier alpha value is -3.36. The molecule has 0 bridgehead atoms. The molecular weight excluding hydrogens is 374 g/mol. The van der Waals surface area contributed by atoms with Gasteiger partial charge in [-0.05, 0) is 37.3 Å². The van der Waals surface area contributed by atoms with Gasteiger partial charge in [0.05, 0.1) is 24.6 Å². The molecule has 1 aromatic heterocycles. The number of anilines is 3. The Morgan fingerprint density at radius 1 is 1.24 bits per heavy atom. The molecule has 0 radical (unpaired) electrons. The van der Waals surface area contributed by atoms with Crippen molar-refractivity contribution in [1.29, 1.82) is 0 Å². The third kappa shape index (κ3) is 4.23. The lowest BCUT2D eigenvalue weighted by molar-refractivity contribution is -0.119. The van der Waals surface area contributed by atoms with E-state index in [1.165, 1.54) is 20.1 Å². The summed E-state index contributed by atoms with van der Waals surface area (Å²) < 4.78 is 10.6. The normalized spacial score (nSPS) is 13.0. The van der Waals surface area contributed by atoms with E-state index in [0.717, 1.165) is 5.39 Å². The highest BCUT2D eigenvalue weighted by atomic mass is 16.5. The average Bonchev–Trinajstić information content (AvgIpc) is 2.71. The van der Waals surface area contributed by atoms with Crippen molar-refractivity contribution in [3.63, 3.8) is 0 Å². The van der Waals surface area contributed by atoms with Gasteiger partial charge in [0.15, 0.2) is 0 Å². The summed E-state index contributed by atoms with van der Waals surface area (Å²) in [6.45, 7) is 1.44. The van der Waals surface area contributed by atoms with Gasteiger partial charge in [-0.15, -0.1) is 0 Å². The molecule has 0 aliphatic carbocycles. The number of hydrogen-bond acceptors (Lipinski definition) is 7. The van der Waals surface area contributed by atoms with Gasteiger partial charge in [-0.2, -0.15) is 0 Å². The number of nitrogens with one attached hydrogen (secondary N) is 1. The molecule has 8 heteroatoms. The highest BCUT2D eigenvalue weighted by Crippen LogP contribution is 2.34. The van der Waals surface area contributed by atoms with Crippen molar-refractivity contribution in [3.8, 4) is 5.75 Å². The fourth-order valence-corrected chi connectivity index (χ4v) is 2.95. The van der Waals surface area contributed by atoms with Crippen LogP contribution < -0.4 is 26.3 Å². The number of amides is 1. The van der Waals surface area contributed by atoms with Crippen molar-refractivity contribution in [2.45, 2.75) is 19.1 Å². The summed E-state index contributed by atoms with van der Waals surface area (Å²) >= 11 is 0. The van der Waals surface area contributed by atoms with E-state index < -0.39 is 23.7 Å². The van der Waals surface area contributed by atoms with Crippen LogP contribution in [-0.4, -0.2) is 37.3 Å². The third-order valence-electron chi connectivity index (χ3n) is 4.64. The van der Waals surface area contributed by atoms with Gasteiger partial charge >= 0.3 is 5.63 Å². The number of rotatable bonds is 6. The topological polar surface area (TPSA) is 118 Å². The second-order valence-electron chi connectivity index (χ2n) is 6.65. The summed E-state index contributed by atoms with van der Waals surface area (Å²) in [5.41, 5.74) is 7.47. The number of ether oxygens (including phenoxy) is 1. The van der Waals surface area contributed by atoms with Crippen molar-refractivity contribution in [1.82, 2.24) is 0 Å². The van der Waals surface area contributed by atoms with E-state index in [9.17, 15) is 14.7 Å². The first-order valence-corrected chi connectivity index (χ1v) is 9.01. The van der Waals surface area contributed by atoms with Crippen molar-refractivity contribution in [2.75, 3.05) is 24.4 Å². The van der Waals surface area contributed by atoms with Crippen molar-refractivity contribution in [2.24, 2.45) is 5.73 Å². The van der Waals surface area contributed by atoms with Gasteiger partial charge < -0.3 is 30.2 Å². The maximum atomic E-state index is 12.3. The van der Waals surface area contributed by atoms with E-state index in [-0.39, 0.29) is 0 Å². The molecule has 8 nitrogen and oxygen atoms in total. The van der Waals surface area contributed by atoms with Crippen LogP contribution in [0.2, 0.25) is 0 Å². The molecule has 3 aromatic rings. The van der Waals surface area contributed by atoms with Gasteiger partial charge in [0.2, 0.25) is 5.91 Å². The van der Waals surface area contributed by atoms with Crippen molar-refractivity contribution < 1.29 is 19.1 Å². The van der Waals surface area contributed by atoms with Gasteiger partial charge in [0, 0.05) is 24.2 Å². The molecule has 152 valence electrons. The van der Waals surface area contributed by atoms with Crippen LogP contribution >= 0.6 is 0 Å². The van der Waals surface area contributed by atoms with E-state index in [2.05, 4.69) is 5.32 Å². The van der Waals surface area contributed by atoms with Gasteiger partial charge in [0.25, 0.3) is 0 Å². The number of benzene rings is 2. The number of fused-ring (bicyclic) bond motifs is 1. The molecule has 29 heavy (non-hydrogen) atoms. The zero-order valence-corrected chi connectivity index (χ0v) is 16.4. The monoisotopic (exact) mass is 397 g/mol. The summed E-state index contributed by atoms with van der Waals surface area (Å²) in [4.78, 5) is 26.1. The van der Waals surface area contributed by atoms with E-state index >= 15 is 0 Å². The molecule has 2 aromatic carbocycles. The Kier molecular flexibility index (Phi) is 5.86. The van der Waals surface area contributed by atoms with Gasteiger partial charge in [-0.1, -0.05) is 12.1 Å². The summed E-state index contributed by atoms with van der Waals surface area (Å²) in [6.07, 6.45) is -0.998. The molecule has 0 aliphatic heterocycles. The van der Waals surface area contributed by atoms with Crippen LogP contribution in [0.1, 0.15) is 6.92 Å². The number of nitrogens with two attached hydrogens (primary N) is 1. The molecule has 3 rings (SSSR count). The summed E-state index contributed by atoms with van der Waals surface area (Å²) in [7, 11) is 3.29. The van der Waals surface area contributed by atoms with Crippen LogP contribution in [0.4, 0.5) is 17.1 Å². The van der Waals surface area contributed by atoms with Crippen molar-refractivity contribution >= 4 is 33.9 Å². The van der Waals surface area contributed by atoms with E-state index in [1.54, 1.807) is 37.4 Å². The first-order valence-electron chi connectivity index (χ1n) is 9.01. The van der Waals surface area contributed by atoms with E-state index in [0.29, 0.717) is 28.4 Å². The lowest BCUT2D eigenvalue weighted by Gasteiger charge is -2.23. The Balaban J connectivity index is 2.02. The molecule has 2 unspecified atom stereocenters. The first kappa shape index (κ1) is 20.4. The fraction of sp³-hybridized carbons (Fsp3) is 0.238. The van der Waals surface area contributed by atoms with E-state index in [4.69, 9.17) is 14.9 Å². The predicted molar refractivity (Wildman–Crippen MR) is 112 cm³/mol. The van der Waals surface area contributed by atoms with Crippen LogP contribution in [0.5, 0.6) is 5.75 Å². The molecule has 1 amide bonds. The van der Waals surface area contributed by atoms with Gasteiger partial charge in [-0.25, -0.2) is 4.79 Å². The lowest BCUT2D eigenvalue weighted by atomic mass is 10.1. The molecule has 4 N–H and O–H groups in total. The van der Waals surface area contributed by atoms with Crippen LogP contribution in [-0.2, 0) is 4.79 Å². The largest absolute Gasteiger partial charge is 0.495 e. The fourth-order valence-electron chi connectivity index (χ4n) is 2.95. The molecular formula is C21H23N3O5. The number of nitrogens with zero attached hydrogens (tertiary/aromatic N) is 1. The number of carbonyl (C=O) groups is 1. The van der Waals surface area contributed by atoms with Crippen LogP contribution in [0.3, 0.4) is 0 Å². The maximum Gasteiger partial charge on any atom is 0.338 e. The second-order valence-corrected chi connectivity index (χ2v) is 6.65. The zero-order chi connectivity index (χ0) is 21.1. The molecule has 1 heterocycles. The summed E-state index contributed by atoms with van der Waals surface area (Å²) in [5.74, 6) is -0.102. The maximum absolute atomic E-state index is 12.3. The smallest absolute Gasteiger partial charge is 0.338 e. The van der Waals surface area contributed by atoms with Crippen molar-refractivity contribution in [3.05, 3.63) is 59.0 Å². The van der Waals surface area contributed by atoms with E-state index in [1.807, 2.05) is 17.0 Å². The minimum Gasteiger partial charge on any atom is -0.495 e. The number of aliphatic hydroxyl groups is 1. The summed E-state index contributed by atoms with van der Waals surface area (Å²) in [6, 6.07) is 12.8. The third-order valence-corrected chi connectivity index (χ3v) is 4.64. The number of carbonyl (C=O) groups excluding carboxylic acids is 1. The van der Waals surface area contributed by atoms with Gasteiger partial charge in [0.1, 0.15) is 17.4 Å². The molecule has 0 saturated carbocycles. The SMILES string of the molecule is COc1ccc(N(C)c2cc(=O)oc3ccccc23)cc1NC(=O)C(N)C(C)O. The Bertz CT molecular complexity index is 1090. The highest BCUT2D eigenvalue weighted by molar-refractivity contribution is 5.97. The van der Waals surface area contributed by atoms with Crippen LogP contribution in [0, 0.1) is 0 Å². The zero-order valence-electron chi connectivity index (χ0n) is 16.4. The summed E-state index contributed by atoms with van der Waals surface area (Å²) in [5, 5.41) is 13.0. The second kappa shape index (κ2) is 8.34. The molecule has 0 aliphatic rings. The quantitative estimate of drug-likeness (QED) is 0.546. The number of aliphatic hydroxyl groups excluding tert-OH is 1.